The molecule has 5 nitrogen and oxygen atoms in total. The second-order valence-electron chi connectivity index (χ2n) is 6.07. The van der Waals surface area contributed by atoms with Crippen molar-refractivity contribution in [3.05, 3.63) is 30.6 Å². The van der Waals surface area contributed by atoms with Gasteiger partial charge in [-0.3, -0.25) is 9.58 Å². The highest BCUT2D eigenvalue weighted by molar-refractivity contribution is 5.05. The molecular formula is C16H27N3O2. The molecule has 1 atom stereocenters. The van der Waals surface area contributed by atoms with E-state index in [0.29, 0.717) is 6.61 Å². The maximum Gasteiger partial charge on any atom is 0.0587 e. The highest BCUT2D eigenvalue weighted by atomic mass is 16.5. The van der Waals surface area contributed by atoms with Crippen LogP contribution in [0.25, 0.3) is 0 Å². The lowest BCUT2D eigenvalue weighted by Crippen LogP contribution is -2.45. The molecule has 1 aromatic heterocycles. The average molecular weight is 293 g/mol. The molecule has 1 N–H and O–H groups in total. The lowest BCUT2D eigenvalue weighted by atomic mass is 9.78. The van der Waals surface area contributed by atoms with E-state index in [1.54, 1.807) is 7.11 Å². The fourth-order valence-electron chi connectivity index (χ4n) is 3.15. The van der Waals surface area contributed by atoms with Gasteiger partial charge in [0, 0.05) is 44.0 Å². The Kier molecular flexibility index (Phi) is 5.96. The Bertz CT molecular complexity index is 446. The Morgan fingerprint density at radius 2 is 2.43 bits per heavy atom. The van der Waals surface area contributed by atoms with Crippen molar-refractivity contribution in [1.29, 1.82) is 0 Å². The van der Waals surface area contributed by atoms with Gasteiger partial charge in [-0.2, -0.15) is 5.10 Å². The Labute approximate surface area is 127 Å². The first-order valence-electron chi connectivity index (χ1n) is 7.66. The third kappa shape index (κ3) is 4.40. The van der Waals surface area contributed by atoms with Crippen LogP contribution in [0.3, 0.4) is 0 Å². The summed E-state index contributed by atoms with van der Waals surface area (Å²) in [4.78, 5) is 2.42. The molecule has 1 aliphatic rings. The quantitative estimate of drug-likeness (QED) is 0.741. The van der Waals surface area contributed by atoms with Crippen molar-refractivity contribution in [2.45, 2.75) is 32.4 Å². The molecule has 1 fully saturated rings. The highest BCUT2D eigenvalue weighted by Gasteiger charge is 2.34. The van der Waals surface area contributed by atoms with Crippen molar-refractivity contribution in [2.24, 2.45) is 5.41 Å². The van der Waals surface area contributed by atoms with E-state index in [-0.39, 0.29) is 12.0 Å². The summed E-state index contributed by atoms with van der Waals surface area (Å²) in [6, 6.07) is 0. The Hall–Kier alpha value is -1.17. The molecule has 21 heavy (non-hydrogen) atoms. The van der Waals surface area contributed by atoms with E-state index >= 15 is 0 Å². The predicted molar refractivity (Wildman–Crippen MR) is 82.9 cm³/mol. The number of likely N-dealkylation sites (tertiary alicyclic amines) is 1. The monoisotopic (exact) mass is 293 g/mol. The number of hydrogen-bond acceptors (Lipinski definition) is 4. The second kappa shape index (κ2) is 7.73. The van der Waals surface area contributed by atoms with Crippen molar-refractivity contribution in [1.82, 2.24) is 14.7 Å². The molecule has 1 aromatic rings. The zero-order chi connectivity index (χ0) is 15.1. The number of allylic oxidation sites excluding steroid dienone is 1. The molecule has 0 bridgehead atoms. The van der Waals surface area contributed by atoms with Crippen LogP contribution in [0.4, 0.5) is 0 Å². The zero-order valence-electron chi connectivity index (χ0n) is 13.0. The summed E-state index contributed by atoms with van der Waals surface area (Å²) in [7, 11) is 1.72. The van der Waals surface area contributed by atoms with Gasteiger partial charge in [-0.1, -0.05) is 6.08 Å². The average Bonchev–Trinajstić information content (AvgIpc) is 2.93. The van der Waals surface area contributed by atoms with Crippen LogP contribution in [0.15, 0.2) is 25.0 Å². The van der Waals surface area contributed by atoms with Gasteiger partial charge < -0.3 is 9.84 Å². The number of ether oxygens (including phenoxy) is 1. The summed E-state index contributed by atoms with van der Waals surface area (Å²) in [6.07, 6.45) is 8.98. The summed E-state index contributed by atoms with van der Waals surface area (Å²) in [5.74, 6) is 0. The van der Waals surface area contributed by atoms with Crippen LogP contribution in [0.1, 0.15) is 24.8 Å². The molecule has 0 aliphatic carbocycles. The van der Waals surface area contributed by atoms with Crippen LogP contribution in [-0.4, -0.2) is 53.2 Å². The van der Waals surface area contributed by atoms with Crippen LogP contribution in [0.5, 0.6) is 0 Å². The smallest absolute Gasteiger partial charge is 0.0587 e. The van der Waals surface area contributed by atoms with E-state index in [4.69, 9.17) is 4.74 Å². The number of rotatable bonds is 8. The van der Waals surface area contributed by atoms with Gasteiger partial charge in [-0.05, 0) is 25.8 Å². The topological polar surface area (TPSA) is 50.5 Å². The third-order valence-corrected chi connectivity index (χ3v) is 4.32. The second-order valence-corrected chi connectivity index (χ2v) is 6.07. The number of aromatic nitrogens is 2. The molecule has 0 amide bonds. The lowest BCUT2D eigenvalue weighted by molar-refractivity contribution is 0.00475. The number of methoxy groups -OCH3 is 1. The van der Waals surface area contributed by atoms with Crippen molar-refractivity contribution < 1.29 is 9.84 Å². The van der Waals surface area contributed by atoms with Crippen LogP contribution in [-0.2, 0) is 17.8 Å². The molecule has 0 aromatic carbocycles. The third-order valence-electron chi connectivity index (χ3n) is 4.32. The van der Waals surface area contributed by atoms with E-state index < -0.39 is 0 Å². The minimum atomic E-state index is -0.00856. The van der Waals surface area contributed by atoms with Crippen LogP contribution in [0.2, 0.25) is 0 Å². The first-order chi connectivity index (χ1) is 10.2. The standard InChI is InChI=1S/C16H27N3O2/c1-3-7-19-12-15(10-17-19)11-18-8-4-5-16(13-18,14-20)6-9-21-2/h3,10,12,20H,1,4-9,11,13-14H2,2H3/t16-/m0/s1. The normalized spacial score (nSPS) is 23.3. The largest absolute Gasteiger partial charge is 0.396 e. The van der Waals surface area contributed by atoms with Crippen molar-refractivity contribution >= 4 is 0 Å². The maximum atomic E-state index is 9.82. The van der Waals surface area contributed by atoms with E-state index in [9.17, 15) is 5.11 Å². The fraction of sp³-hybridized carbons (Fsp3) is 0.688. The SMILES string of the molecule is C=CCn1cc(CN2CCC[C@](CO)(CCOC)C2)cn1. The van der Waals surface area contributed by atoms with E-state index in [0.717, 1.165) is 45.4 Å². The van der Waals surface area contributed by atoms with E-state index in [2.05, 4.69) is 22.8 Å². The summed E-state index contributed by atoms with van der Waals surface area (Å²) in [6.45, 7) is 8.34. The van der Waals surface area contributed by atoms with Gasteiger partial charge in [0.15, 0.2) is 0 Å². The van der Waals surface area contributed by atoms with Gasteiger partial charge in [0.2, 0.25) is 0 Å². The van der Waals surface area contributed by atoms with Crippen LogP contribution < -0.4 is 0 Å². The van der Waals surface area contributed by atoms with Gasteiger partial charge in [0.1, 0.15) is 0 Å². The van der Waals surface area contributed by atoms with Crippen molar-refractivity contribution in [3.8, 4) is 0 Å². The molecule has 118 valence electrons. The van der Waals surface area contributed by atoms with E-state index in [1.165, 1.54) is 5.56 Å². The number of hydrogen-bond donors (Lipinski definition) is 1. The van der Waals surface area contributed by atoms with Gasteiger partial charge in [-0.25, -0.2) is 0 Å². The number of aliphatic hydroxyl groups is 1. The first kappa shape index (κ1) is 16.2. The van der Waals surface area contributed by atoms with Crippen LogP contribution >= 0.6 is 0 Å². The van der Waals surface area contributed by atoms with Crippen molar-refractivity contribution in [3.63, 3.8) is 0 Å². The molecule has 0 saturated carbocycles. The Balaban J connectivity index is 1.94. The molecule has 5 heteroatoms. The first-order valence-corrected chi connectivity index (χ1v) is 7.66. The lowest BCUT2D eigenvalue weighted by Gasteiger charge is -2.41. The van der Waals surface area contributed by atoms with Crippen LogP contribution in [0, 0.1) is 5.41 Å². The summed E-state index contributed by atoms with van der Waals surface area (Å²) < 4.78 is 7.10. The molecule has 1 aliphatic heterocycles. The number of nitrogens with zero attached hydrogens (tertiary/aromatic N) is 3. The van der Waals surface area contributed by atoms with Gasteiger partial charge in [0.25, 0.3) is 0 Å². The van der Waals surface area contributed by atoms with Gasteiger partial charge >= 0.3 is 0 Å². The molecule has 0 unspecified atom stereocenters. The van der Waals surface area contributed by atoms with E-state index in [1.807, 2.05) is 17.0 Å². The predicted octanol–water partition coefficient (Wildman–Crippen LogP) is 1.68. The molecule has 0 radical (unpaired) electrons. The summed E-state index contributed by atoms with van der Waals surface area (Å²) in [5, 5.41) is 14.1. The minimum Gasteiger partial charge on any atom is -0.396 e. The molecule has 2 heterocycles. The molecular weight excluding hydrogens is 266 g/mol. The molecule has 0 spiro atoms. The zero-order valence-corrected chi connectivity index (χ0v) is 13.0. The minimum absolute atomic E-state index is 0.00856. The van der Waals surface area contributed by atoms with Crippen molar-refractivity contribution in [2.75, 3.05) is 33.4 Å². The molecule has 2 rings (SSSR count). The van der Waals surface area contributed by atoms with Gasteiger partial charge in [-0.15, -0.1) is 6.58 Å². The summed E-state index contributed by atoms with van der Waals surface area (Å²) >= 11 is 0. The molecule has 1 saturated heterocycles. The Morgan fingerprint density at radius 1 is 1.57 bits per heavy atom. The Morgan fingerprint density at radius 3 is 3.14 bits per heavy atom. The fourth-order valence-corrected chi connectivity index (χ4v) is 3.15. The maximum absolute atomic E-state index is 9.82. The number of aliphatic hydroxyl groups excluding tert-OH is 1. The summed E-state index contributed by atoms with van der Waals surface area (Å²) in [5.41, 5.74) is 1.21. The van der Waals surface area contributed by atoms with Gasteiger partial charge in [0.05, 0.1) is 19.3 Å². The number of piperidine rings is 1. The highest BCUT2D eigenvalue weighted by Crippen LogP contribution is 2.33.